The van der Waals surface area contributed by atoms with Crippen LogP contribution in [0.5, 0.6) is 0 Å². The predicted molar refractivity (Wildman–Crippen MR) is 41.7 cm³/mol. The highest BCUT2D eigenvalue weighted by molar-refractivity contribution is 5.92. The summed E-state index contributed by atoms with van der Waals surface area (Å²) in [7, 11) is 0. The minimum Gasteiger partial charge on any atom is -0.438 e. The molecular formula is C8H10N2O2. The summed E-state index contributed by atoms with van der Waals surface area (Å²) >= 11 is 0. The molecule has 0 saturated heterocycles. The molecule has 0 atom stereocenters. The van der Waals surface area contributed by atoms with Crippen molar-refractivity contribution in [3.05, 3.63) is 17.8 Å². The van der Waals surface area contributed by atoms with Gasteiger partial charge in [-0.05, 0) is 19.8 Å². The maximum absolute atomic E-state index is 11.3. The van der Waals surface area contributed by atoms with Gasteiger partial charge in [-0.25, -0.2) is 4.98 Å². The second-order valence-corrected chi connectivity index (χ2v) is 3.01. The molecular weight excluding hydrogens is 156 g/mol. The van der Waals surface area contributed by atoms with Gasteiger partial charge in [-0.2, -0.15) is 0 Å². The molecule has 1 N–H and O–H groups in total. The molecule has 1 saturated carbocycles. The van der Waals surface area contributed by atoms with Crippen LogP contribution < -0.4 is 5.32 Å². The van der Waals surface area contributed by atoms with Crippen molar-refractivity contribution in [2.75, 3.05) is 0 Å². The van der Waals surface area contributed by atoms with Crippen LogP contribution in [0.2, 0.25) is 0 Å². The van der Waals surface area contributed by atoms with Crippen LogP contribution in [0.4, 0.5) is 0 Å². The summed E-state index contributed by atoms with van der Waals surface area (Å²) in [6, 6.07) is 0.363. The van der Waals surface area contributed by atoms with Crippen LogP contribution in [-0.2, 0) is 0 Å². The van der Waals surface area contributed by atoms with Gasteiger partial charge in [0.1, 0.15) is 0 Å². The number of hydrogen-bond donors (Lipinski definition) is 1. The summed E-state index contributed by atoms with van der Waals surface area (Å²) in [6.07, 6.45) is 3.45. The summed E-state index contributed by atoms with van der Waals surface area (Å²) < 4.78 is 4.93. The van der Waals surface area contributed by atoms with Crippen LogP contribution in [-0.4, -0.2) is 16.9 Å². The molecule has 1 aliphatic rings. The normalized spacial score (nSPS) is 16.1. The molecule has 4 nitrogen and oxygen atoms in total. The Hall–Kier alpha value is -1.32. The smallest absolute Gasteiger partial charge is 0.289 e. The number of nitrogens with zero attached hydrogens (tertiary/aromatic N) is 1. The van der Waals surface area contributed by atoms with Crippen molar-refractivity contribution in [2.24, 2.45) is 0 Å². The maximum atomic E-state index is 11.3. The zero-order valence-corrected chi connectivity index (χ0v) is 6.83. The van der Waals surface area contributed by atoms with Crippen LogP contribution in [0.15, 0.2) is 10.8 Å². The second-order valence-electron chi connectivity index (χ2n) is 3.01. The van der Waals surface area contributed by atoms with Gasteiger partial charge in [0.15, 0.2) is 6.39 Å². The van der Waals surface area contributed by atoms with Gasteiger partial charge < -0.3 is 9.73 Å². The molecule has 1 aromatic rings. The molecule has 1 amide bonds. The van der Waals surface area contributed by atoms with Gasteiger partial charge in [0, 0.05) is 6.04 Å². The summed E-state index contributed by atoms with van der Waals surface area (Å²) in [5, 5.41) is 2.82. The van der Waals surface area contributed by atoms with E-state index in [9.17, 15) is 4.79 Å². The fraction of sp³-hybridized carbons (Fsp3) is 0.500. The molecule has 0 radical (unpaired) electrons. The van der Waals surface area contributed by atoms with E-state index < -0.39 is 0 Å². The van der Waals surface area contributed by atoms with E-state index in [0.717, 1.165) is 12.8 Å². The average molecular weight is 166 g/mol. The highest BCUT2D eigenvalue weighted by atomic mass is 16.3. The van der Waals surface area contributed by atoms with E-state index in [2.05, 4.69) is 10.3 Å². The quantitative estimate of drug-likeness (QED) is 0.709. The summed E-state index contributed by atoms with van der Waals surface area (Å²) in [5.74, 6) is 0.189. The van der Waals surface area contributed by atoms with E-state index in [1.165, 1.54) is 6.39 Å². The Morgan fingerprint density at radius 2 is 2.50 bits per heavy atom. The number of carbonyl (C=O) groups is 1. The highest BCUT2D eigenvalue weighted by Crippen LogP contribution is 2.19. The van der Waals surface area contributed by atoms with Crippen molar-refractivity contribution in [3.8, 4) is 0 Å². The fourth-order valence-electron chi connectivity index (χ4n) is 0.998. The maximum Gasteiger partial charge on any atom is 0.289 e. The Labute approximate surface area is 70.0 Å². The zero-order chi connectivity index (χ0) is 8.55. The van der Waals surface area contributed by atoms with Gasteiger partial charge in [0.05, 0.1) is 5.69 Å². The van der Waals surface area contributed by atoms with E-state index in [1.807, 2.05) is 0 Å². The van der Waals surface area contributed by atoms with Crippen LogP contribution in [0.25, 0.3) is 0 Å². The minimum atomic E-state index is -0.146. The lowest BCUT2D eigenvalue weighted by molar-refractivity contribution is 0.0922. The molecule has 4 heteroatoms. The van der Waals surface area contributed by atoms with Crippen molar-refractivity contribution >= 4 is 5.91 Å². The van der Waals surface area contributed by atoms with Gasteiger partial charge in [0.25, 0.3) is 5.91 Å². The Morgan fingerprint density at radius 3 is 3.00 bits per heavy atom. The van der Waals surface area contributed by atoms with Gasteiger partial charge in [-0.3, -0.25) is 4.79 Å². The average Bonchev–Trinajstić information content (AvgIpc) is 2.72. The molecule has 1 aromatic heterocycles. The third kappa shape index (κ3) is 1.32. The Morgan fingerprint density at radius 1 is 1.75 bits per heavy atom. The van der Waals surface area contributed by atoms with Gasteiger partial charge in [-0.15, -0.1) is 0 Å². The van der Waals surface area contributed by atoms with Crippen molar-refractivity contribution in [1.29, 1.82) is 0 Å². The molecule has 2 rings (SSSR count). The number of aromatic nitrogens is 1. The molecule has 0 bridgehead atoms. The topological polar surface area (TPSA) is 55.1 Å². The predicted octanol–water partition coefficient (Wildman–Crippen LogP) is 0.875. The molecule has 0 aliphatic heterocycles. The third-order valence-electron chi connectivity index (χ3n) is 1.86. The summed E-state index contributed by atoms with van der Waals surface area (Å²) in [5.41, 5.74) is 0.646. The van der Waals surface area contributed by atoms with Crippen LogP contribution >= 0.6 is 0 Å². The first-order valence-electron chi connectivity index (χ1n) is 3.98. The first-order valence-corrected chi connectivity index (χ1v) is 3.98. The Kier molecular flexibility index (Phi) is 1.60. The lowest BCUT2D eigenvalue weighted by Gasteiger charge is -1.98. The molecule has 1 aliphatic carbocycles. The molecule has 0 spiro atoms. The Bertz CT molecular complexity index is 302. The monoisotopic (exact) mass is 166 g/mol. The van der Waals surface area contributed by atoms with Crippen molar-refractivity contribution in [3.63, 3.8) is 0 Å². The number of hydrogen-bond acceptors (Lipinski definition) is 3. The second kappa shape index (κ2) is 2.62. The van der Waals surface area contributed by atoms with Crippen molar-refractivity contribution < 1.29 is 9.21 Å². The third-order valence-corrected chi connectivity index (χ3v) is 1.86. The Balaban J connectivity index is 2.07. The number of carbonyl (C=O) groups excluding carboxylic acids is 1. The highest BCUT2D eigenvalue weighted by Gasteiger charge is 2.25. The number of nitrogens with one attached hydrogen (secondary N) is 1. The van der Waals surface area contributed by atoms with Gasteiger partial charge >= 0.3 is 0 Å². The molecule has 1 fully saturated rings. The van der Waals surface area contributed by atoms with Crippen LogP contribution in [0.3, 0.4) is 0 Å². The molecule has 12 heavy (non-hydrogen) atoms. The SMILES string of the molecule is Cc1ncoc1C(=O)NC1CC1. The molecule has 0 unspecified atom stereocenters. The van der Waals surface area contributed by atoms with E-state index in [0.29, 0.717) is 17.5 Å². The van der Waals surface area contributed by atoms with Gasteiger partial charge in [-0.1, -0.05) is 0 Å². The summed E-state index contributed by atoms with van der Waals surface area (Å²) in [6.45, 7) is 1.76. The van der Waals surface area contributed by atoms with Gasteiger partial charge in [0.2, 0.25) is 5.76 Å². The summed E-state index contributed by atoms with van der Waals surface area (Å²) in [4.78, 5) is 15.2. The van der Waals surface area contributed by atoms with E-state index in [-0.39, 0.29) is 5.91 Å². The first-order chi connectivity index (χ1) is 5.77. The number of oxazole rings is 1. The standard InChI is InChI=1S/C8H10N2O2/c1-5-7(12-4-9-5)8(11)10-6-2-3-6/h4,6H,2-3H2,1H3,(H,10,11). The number of aryl methyl sites for hydroxylation is 1. The lowest BCUT2D eigenvalue weighted by atomic mass is 10.3. The number of amides is 1. The molecule has 0 aromatic carbocycles. The first kappa shape index (κ1) is 7.34. The van der Waals surface area contributed by atoms with E-state index >= 15 is 0 Å². The van der Waals surface area contributed by atoms with Crippen LogP contribution in [0.1, 0.15) is 29.1 Å². The number of rotatable bonds is 2. The van der Waals surface area contributed by atoms with E-state index in [1.54, 1.807) is 6.92 Å². The van der Waals surface area contributed by atoms with E-state index in [4.69, 9.17) is 4.42 Å². The zero-order valence-electron chi connectivity index (χ0n) is 6.83. The van der Waals surface area contributed by atoms with Crippen molar-refractivity contribution in [2.45, 2.75) is 25.8 Å². The largest absolute Gasteiger partial charge is 0.438 e. The lowest BCUT2D eigenvalue weighted by Crippen LogP contribution is -2.25. The van der Waals surface area contributed by atoms with Crippen molar-refractivity contribution in [1.82, 2.24) is 10.3 Å². The van der Waals surface area contributed by atoms with Crippen LogP contribution in [0, 0.1) is 6.92 Å². The minimum absolute atomic E-state index is 0.146. The fourth-order valence-corrected chi connectivity index (χ4v) is 0.998. The molecule has 64 valence electrons. The molecule has 1 heterocycles.